The van der Waals surface area contributed by atoms with Gasteiger partial charge < -0.3 is 5.32 Å². The summed E-state index contributed by atoms with van der Waals surface area (Å²) in [6.45, 7) is 2.74. The van der Waals surface area contributed by atoms with Crippen molar-refractivity contribution < 1.29 is 4.79 Å². The zero-order valence-electron chi connectivity index (χ0n) is 6.54. The van der Waals surface area contributed by atoms with Crippen LogP contribution in [-0.2, 0) is 6.54 Å². The molecule has 0 aliphatic carbocycles. The monoisotopic (exact) mass is 277 g/mol. The van der Waals surface area contributed by atoms with E-state index in [0.717, 1.165) is 10.1 Å². The molecule has 12 heavy (non-hydrogen) atoms. The Morgan fingerprint density at radius 1 is 1.83 bits per heavy atom. The Balaban J connectivity index is 2.50. The van der Waals surface area contributed by atoms with Gasteiger partial charge in [-0.1, -0.05) is 0 Å². The third kappa shape index (κ3) is 1.12. The van der Waals surface area contributed by atoms with Crippen molar-refractivity contribution in [3.63, 3.8) is 0 Å². The van der Waals surface area contributed by atoms with E-state index in [4.69, 9.17) is 0 Å². The van der Waals surface area contributed by atoms with Gasteiger partial charge >= 0.3 is 0 Å². The Kier molecular flexibility index (Phi) is 1.82. The predicted molar refractivity (Wildman–Crippen MR) is 51.9 cm³/mol. The lowest BCUT2D eigenvalue weighted by Gasteiger charge is -2.21. The molecular formula is C7H8IN3O. The number of rotatable bonds is 0. The van der Waals surface area contributed by atoms with Crippen molar-refractivity contribution in [1.29, 1.82) is 0 Å². The van der Waals surface area contributed by atoms with Crippen LogP contribution in [-0.4, -0.2) is 21.7 Å². The number of carbonyl (C=O) groups excluding carboxylic acids is 1. The number of fused-ring (bicyclic) bond motifs is 1. The van der Waals surface area contributed by atoms with Crippen molar-refractivity contribution in [2.24, 2.45) is 0 Å². The van der Waals surface area contributed by atoms with Crippen LogP contribution in [0.1, 0.15) is 17.4 Å². The third-order valence-corrected chi connectivity index (χ3v) is 2.62. The average molecular weight is 277 g/mol. The van der Waals surface area contributed by atoms with Gasteiger partial charge in [-0.2, -0.15) is 5.10 Å². The molecular weight excluding hydrogens is 269 g/mol. The minimum absolute atomic E-state index is 0.0179. The summed E-state index contributed by atoms with van der Waals surface area (Å²) in [5.41, 5.74) is 0.689. The quantitative estimate of drug-likeness (QED) is 0.707. The van der Waals surface area contributed by atoms with Gasteiger partial charge in [-0.05, 0) is 29.5 Å². The maximum absolute atomic E-state index is 11.4. The Morgan fingerprint density at radius 2 is 2.58 bits per heavy atom. The minimum Gasteiger partial charge on any atom is -0.346 e. The summed E-state index contributed by atoms with van der Waals surface area (Å²) in [4.78, 5) is 11.4. The number of hydrogen-bond acceptors (Lipinski definition) is 2. The molecule has 0 radical (unpaired) electrons. The molecule has 64 valence electrons. The molecule has 0 unspecified atom stereocenters. The fourth-order valence-corrected chi connectivity index (χ4v) is 1.97. The largest absolute Gasteiger partial charge is 0.346 e. The Hall–Kier alpha value is -0.590. The van der Waals surface area contributed by atoms with E-state index in [1.54, 1.807) is 10.9 Å². The number of amides is 1. The number of hydrogen-bond donors (Lipinski definition) is 1. The molecule has 0 saturated carbocycles. The van der Waals surface area contributed by atoms with Gasteiger partial charge in [0.25, 0.3) is 5.91 Å². The summed E-state index contributed by atoms with van der Waals surface area (Å²) in [6, 6.07) is 0.181. The summed E-state index contributed by atoms with van der Waals surface area (Å²) in [5.74, 6) is -0.0179. The smallest absolute Gasteiger partial charge is 0.270 e. The highest BCUT2D eigenvalue weighted by atomic mass is 127. The van der Waals surface area contributed by atoms with E-state index in [1.807, 2.05) is 6.92 Å². The molecule has 0 fully saturated rings. The summed E-state index contributed by atoms with van der Waals surface area (Å²) in [7, 11) is 0. The maximum atomic E-state index is 11.4. The van der Waals surface area contributed by atoms with Gasteiger partial charge in [0, 0.05) is 6.04 Å². The average Bonchev–Trinajstić information content (AvgIpc) is 2.31. The zero-order valence-corrected chi connectivity index (χ0v) is 8.70. The fourth-order valence-electron chi connectivity index (χ4n) is 1.32. The van der Waals surface area contributed by atoms with E-state index in [-0.39, 0.29) is 11.9 Å². The van der Waals surface area contributed by atoms with E-state index >= 15 is 0 Å². The summed E-state index contributed by atoms with van der Waals surface area (Å²) >= 11 is 2.12. The molecule has 2 heterocycles. The van der Waals surface area contributed by atoms with E-state index in [2.05, 4.69) is 33.0 Å². The number of nitrogens with one attached hydrogen (secondary N) is 1. The lowest BCUT2D eigenvalue weighted by Crippen LogP contribution is -2.42. The molecule has 1 N–H and O–H groups in total. The van der Waals surface area contributed by atoms with Gasteiger partial charge in [0.1, 0.15) is 5.69 Å². The van der Waals surface area contributed by atoms with Crippen LogP contribution in [0.2, 0.25) is 0 Å². The third-order valence-electron chi connectivity index (χ3n) is 1.83. The molecule has 0 bridgehead atoms. The molecule has 2 rings (SSSR count). The lowest BCUT2D eigenvalue weighted by molar-refractivity contribution is 0.0900. The molecule has 1 atom stereocenters. The lowest BCUT2D eigenvalue weighted by atomic mass is 10.2. The topological polar surface area (TPSA) is 46.9 Å². The van der Waals surface area contributed by atoms with Crippen molar-refractivity contribution >= 4 is 28.5 Å². The van der Waals surface area contributed by atoms with E-state index < -0.39 is 0 Å². The maximum Gasteiger partial charge on any atom is 0.270 e. The summed E-state index contributed by atoms with van der Waals surface area (Å²) < 4.78 is 2.67. The van der Waals surface area contributed by atoms with Crippen LogP contribution in [0.4, 0.5) is 0 Å². The van der Waals surface area contributed by atoms with Gasteiger partial charge in [0.2, 0.25) is 0 Å². The van der Waals surface area contributed by atoms with Gasteiger partial charge in [0.05, 0.1) is 16.3 Å². The second-order valence-corrected chi connectivity index (χ2v) is 4.06. The highest BCUT2D eigenvalue weighted by Crippen LogP contribution is 2.15. The van der Waals surface area contributed by atoms with Gasteiger partial charge in [-0.3, -0.25) is 9.48 Å². The van der Waals surface area contributed by atoms with Gasteiger partial charge in [0.15, 0.2) is 0 Å². The van der Waals surface area contributed by atoms with Crippen LogP contribution < -0.4 is 5.32 Å². The van der Waals surface area contributed by atoms with Crippen molar-refractivity contribution in [2.45, 2.75) is 19.5 Å². The minimum atomic E-state index is -0.0179. The first kappa shape index (κ1) is 8.03. The SMILES string of the molecule is C[C@H]1Cn2ncc(I)c2C(=O)N1. The molecule has 1 aromatic heterocycles. The van der Waals surface area contributed by atoms with E-state index in [0.29, 0.717) is 5.69 Å². The number of aromatic nitrogens is 2. The van der Waals surface area contributed by atoms with Crippen LogP contribution in [0, 0.1) is 3.57 Å². The first-order valence-electron chi connectivity index (χ1n) is 3.70. The van der Waals surface area contributed by atoms with Crippen molar-refractivity contribution in [3.05, 3.63) is 15.5 Å². The van der Waals surface area contributed by atoms with Gasteiger partial charge in [-0.15, -0.1) is 0 Å². The molecule has 0 saturated heterocycles. The van der Waals surface area contributed by atoms with Crippen LogP contribution in [0.15, 0.2) is 6.20 Å². The molecule has 0 spiro atoms. The Bertz CT molecular complexity index is 333. The van der Waals surface area contributed by atoms with Crippen molar-refractivity contribution in [2.75, 3.05) is 0 Å². The normalized spacial score (nSPS) is 21.8. The predicted octanol–water partition coefficient (Wildman–Crippen LogP) is 0.620. The van der Waals surface area contributed by atoms with Crippen molar-refractivity contribution in [3.8, 4) is 0 Å². The summed E-state index contributed by atoms with van der Waals surface area (Å²) in [6.07, 6.45) is 1.72. The van der Waals surface area contributed by atoms with E-state index in [1.165, 1.54) is 0 Å². The molecule has 1 amide bonds. The molecule has 4 nitrogen and oxygen atoms in total. The number of nitrogens with zero attached hydrogens (tertiary/aromatic N) is 2. The second kappa shape index (κ2) is 2.72. The van der Waals surface area contributed by atoms with Crippen LogP contribution in [0.5, 0.6) is 0 Å². The molecule has 1 aliphatic heterocycles. The first-order chi connectivity index (χ1) is 5.68. The highest BCUT2D eigenvalue weighted by Gasteiger charge is 2.24. The Morgan fingerprint density at radius 3 is 3.33 bits per heavy atom. The first-order valence-corrected chi connectivity index (χ1v) is 4.78. The number of halogens is 1. The van der Waals surface area contributed by atoms with Crippen LogP contribution in [0.3, 0.4) is 0 Å². The molecule has 1 aromatic rings. The molecule has 0 aromatic carbocycles. The number of carbonyl (C=O) groups is 1. The van der Waals surface area contributed by atoms with Crippen LogP contribution in [0.25, 0.3) is 0 Å². The highest BCUT2D eigenvalue weighted by molar-refractivity contribution is 14.1. The standard InChI is InChI=1S/C7H8IN3O/c1-4-3-11-6(7(12)10-4)5(8)2-9-11/h2,4H,3H2,1H3,(H,10,12)/t4-/m0/s1. The van der Waals surface area contributed by atoms with Crippen LogP contribution >= 0.6 is 22.6 Å². The van der Waals surface area contributed by atoms with Crippen molar-refractivity contribution in [1.82, 2.24) is 15.1 Å². The fraction of sp³-hybridized carbons (Fsp3) is 0.429. The zero-order chi connectivity index (χ0) is 8.72. The molecule has 5 heteroatoms. The van der Waals surface area contributed by atoms with Gasteiger partial charge in [-0.25, -0.2) is 0 Å². The van der Waals surface area contributed by atoms with E-state index in [9.17, 15) is 4.79 Å². The second-order valence-electron chi connectivity index (χ2n) is 2.90. The molecule has 1 aliphatic rings. The summed E-state index contributed by atoms with van der Waals surface area (Å²) in [5, 5.41) is 6.96. The Labute approximate surface area is 83.5 Å².